The summed E-state index contributed by atoms with van der Waals surface area (Å²) in [5, 5.41) is 3.61. The summed E-state index contributed by atoms with van der Waals surface area (Å²) in [7, 11) is 0. The first kappa shape index (κ1) is 11.0. The van der Waals surface area contributed by atoms with Crippen molar-refractivity contribution in [1.29, 1.82) is 0 Å². The molecule has 1 N–H and O–H groups in total. The standard InChI is InChI=1S/C11H11BrClNO/c12-10-4-1-8(13)5-7(10)6-11(15)14-9-2-3-9/h1,4-5,9H,2-3,6H2,(H,14,15). The molecule has 0 spiro atoms. The monoisotopic (exact) mass is 287 g/mol. The van der Waals surface area contributed by atoms with Gasteiger partial charge in [-0.25, -0.2) is 0 Å². The molecule has 15 heavy (non-hydrogen) atoms. The van der Waals surface area contributed by atoms with Gasteiger partial charge >= 0.3 is 0 Å². The van der Waals surface area contributed by atoms with Crippen molar-refractivity contribution in [3.05, 3.63) is 33.3 Å². The lowest BCUT2D eigenvalue weighted by Crippen LogP contribution is -2.27. The molecule has 1 saturated carbocycles. The number of hydrogen-bond acceptors (Lipinski definition) is 1. The van der Waals surface area contributed by atoms with Crippen molar-refractivity contribution < 1.29 is 4.79 Å². The maximum atomic E-state index is 11.6. The van der Waals surface area contributed by atoms with E-state index in [0.29, 0.717) is 17.5 Å². The van der Waals surface area contributed by atoms with E-state index >= 15 is 0 Å². The third-order valence-electron chi connectivity index (χ3n) is 2.30. The summed E-state index contributed by atoms with van der Waals surface area (Å²) in [4.78, 5) is 11.6. The highest BCUT2D eigenvalue weighted by molar-refractivity contribution is 9.10. The van der Waals surface area contributed by atoms with Crippen LogP contribution >= 0.6 is 27.5 Å². The van der Waals surface area contributed by atoms with Gasteiger partial charge in [0.05, 0.1) is 6.42 Å². The van der Waals surface area contributed by atoms with Gasteiger partial charge in [-0.2, -0.15) is 0 Å². The zero-order valence-corrected chi connectivity index (χ0v) is 10.4. The average molecular weight is 289 g/mol. The van der Waals surface area contributed by atoms with E-state index in [4.69, 9.17) is 11.6 Å². The van der Waals surface area contributed by atoms with E-state index in [0.717, 1.165) is 22.9 Å². The van der Waals surface area contributed by atoms with E-state index in [1.165, 1.54) is 0 Å². The molecule has 2 rings (SSSR count). The summed E-state index contributed by atoms with van der Waals surface area (Å²) < 4.78 is 0.929. The van der Waals surface area contributed by atoms with E-state index in [2.05, 4.69) is 21.2 Å². The Bertz CT molecular complexity index is 390. The Labute approximate surface area is 102 Å². The first-order chi connectivity index (χ1) is 7.15. The lowest BCUT2D eigenvalue weighted by molar-refractivity contribution is -0.120. The fourth-order valence-corrected chi connectivity index (χ4v) is 1.94. The minimum Gasteiger partial charge on any atom is -0.353 e. The average Bonchev–Trinajstić information content (AvgIpc) is 2.95. The molecule has 0 aliphatic heterocycles. The zero-order chi connectivity index (χ0) is 10.8. The lowest BCUT2D eigenvalue weighted by atomic mass is 10.1. The van der Waals surface area contributed by atoms with E-state index in [1.54, 1.807) is 6.07 Å². The Morgan fingerprint density at radius 3 is 2.93 bits per heavy atom. The minimum absolute atomic E-state index is 0.0699. The fourth-order valence-electron chi connectivity index (χ4n) is 1.36. The second-order valence-electron chi connectivity index (χ2n) is 3.75. The number of nitrogens with one attached hydrogen (secondary N) is 1. The third kappa shape index (κ3) is 3.21. The molecule has 2 nitrogen and oxygen atoms in total. The normalized spacial score (nSPS) is 15.1. The van der Waals surface area contributed by atoms with Crippen LogP contribution in [-0.4, -0.2) is 11.9 Å². The first-order valence-corrected chi connectivity index (χ1v) is 6.05. The van der Waals surface area contributed by atoms with Gasteiger partial charge in [0.25, 0.3) is 0 Å². The number of amides is 1. The Morgan fingerprint density at radius 1 is 1.53 bits per heavy atom. The highest BCUT2D eigenvalue weighted by Gasteiger charge is 2.23. The van der Waals surface area contributed by atoms with Crippen LogP contribution in [0.1, 0.15) is 18.4 Å². The number of benzene rings is 1. The van der Waals surface area contributed by atoms with Crippen molar-refractivity contribution in [2.45, 2.75) is 25.3 Å². The molecule has 0 aromatic heterocycles. The van der Waals surface area contributed by atoms with E-state index in [-0.39, 0.29) is 5.91 Å². The topological polar surface area (TPSA) is 29.1 Å². The van der Waals surface area contributed by atoms with Crippen molar-refractivity contribution in [2.75, 3.05) is 0 Å². The summed E-state index contributed by atoms with van der Waals surface area (Å²) >= 11 is 9.27. The summed E-state index contributed by atoms with van der Waals surface area (Å²) in [6.45, 7) is 0. The predicted molar refractivity (Wildman–Crippen MR) is 64.0 cm³/mol. The van der Waals surface area contributed by atoms with E-state index in [9.17, 15) is 4.79 Å². The maximum absolute atomic E-state index is 11.6. The zero-order valence-electron chi connectivity index (χ0n) is 8.09. The SMILES string of the molecule is O=C(Cc1cc(Cl)ccc1Br)NC1CC1. The molecule has 0 bridgehead atoms. The summed E-state index contributed by atoms with van der Waals surface area (Å²) in [5.74, 6) is 0.0699. The van der Waals surface area contributed by atoms with Crippen LogP contribution in [0.3, 0.4) is 0 Å². The van der Waals surface area contributed by atoms with Crippen LogP contribution in [0.5, 0.6) is 0 Å². The first-order valence-electron chi connectivity index (χ1n) is 4.88. The Morgan fingerprint density at radius 2 is 2.27 bits per heavy atom. The van der Waals surface area contributed by atoms with Gasteiger partial charge < -0.3 is 5.32 Å². The van der Waals surface area contributed by atoms with Crippen LogP contribution in [0.4, 0.5) is 0 Å². The molecular weight excluding hydrogens is 277 g/mol. The van der Waals surface area contributed by atoms with Crippen molar-refractivity contribution in [3.8, 4) is 0 Å². The minimum atomic E-state index is 0.0699. The molecule has 1 aromatic carbocycles. The highest BCUT2D eigenvalue weighted by atomic mass is 79.9. The largest absolute Gasteiger partial charge is 0.353 e. The van der Waals surface area contributed by atoms with Crippen molar-refractivity contribution >= 4 is 33.4 Å². The molecule has 80 valence electrons. The molecule has 0 radical (unpaired) electrons. The summed E-state index contributed by atoms with van der Waals surface area (Å²) in [6, 6.07) is 5.89. The van der Waals surface area contributed by atoms with Gasteiger partial charge in [0.2, 0.25) is 5.91 Å². The second kappa shape index (κ2) is 4.54. The molecule has 0 heterocycles. The van der Waals surface area contributed by atoms with Crippen LogP contribution in [0.15, 0.2) is 22.7 Å². The highest BCUT2D eigenvalue weighted by Crippen LogP contribution is 2.23. The van der Waals surface area contributed by atoms with Crippen LogP contribution in [0, 0.1) is 0 Å². The number of hydrogen-bond donors (Lipinski definition) is 1. The van der Waals surface area contributed by atoms with Gasteiger partial charge in [-0.3, -0.25) is 4.79 Å². The lowest BCUT2D eigenvalue weighted by Gasteiger charge is -2.05. The Kier molecular flexibility index (Phi) is 3.32. The fraction of sp³-hybridized carbons (Fsp3) is 0.364. The van der Waals surface area contributed by atoms with Crippen LogP contribution in [-0.2, 0) is 11.2 Å². The molecule has 1 aliphatic rings. The van der Waals surface area contributed by atoms with Crippen LogP contribution in [0.25, 0.3) is 0 Å². The molecule has 1 amide bonds. The number of halogens is 2. The smallest absolute Gasteiger partial charge is 0.224 e. The van der Waals surface area contributed by atoms with Gasteiger partial charge in [0.15, 0.2) is 0 Å². The molecule has 0 unspecified atom stereocenters. The van der Waals surface area contributed by atoms with Gasteiger partial charge in [0.1, 0.15) is 0 Å². The maximum Gasteiger partial charge on any atom is 0.224 e. The van der Waals surface area contributed by atoms with E-state index < -0.39 is 0 Å². The molecule has 1 aliphatic carbocycles. The predicted octanol–water partition coefficient (Wildman–Crippen LogP) is 2.92. The quantitative estimate of drug-likeness (QED) is 0.910. The van der Waals surface area contributed by atoms with Gasteiger partial charge in [-0.1, -0.05) is 27.5 Å². The molecule has 0 atom stereocenters. The molecule has 1 fully saturated rings. The molecule has 1 aromatic rings. The number of carbonyl (C=O) groups is 1. The van der Waals surface area contributed by atoms with Gasteiger partial charge in [-0.15, -0.1) is 0 Å². The number of carbonyl (C=O) groups excluding carboxylic acids is 1. The second-order valence-corrected chi connectivity index (χ2v) is 5.05. The Hall–Kier alpha value is -0.540. The van der Waals surface area contributed by atoms with Gasteiger partial charge in [0, 0.05) is 15.5 Å². The van der Waals surface area contributed by atoms with Crippen molar-refractivity contribution in [3.63, 3.8) is 0 Å². The molecule has 4 heteroatoms. The van der Waals surface area contributed by atoms with E-state index in [1.807, 2.05) is 12.1 Å². The Balaban J connectivity index is 2.01. The third-order valence-corrected chi connectivity index (χ3v) is 3.31. The van der Waals surface area contributed by atoms with Crippen molar-refractivity contribution in [2.24, 2.45) is 0 Å². The molecule has 0 saturated heterocycles. The van der Waals surface area contributed by atoms with Crippen molar-refractivity contribution in [1.82, 2.24) is 5.32 Å². The van der Waals surface area contributed by atoms with Crippen LogP contribution < -0.4 is 5.32 Å². The molecular formula is C11H11BrClNO. The summed E-state index contributed by atoms with van der Waals surface area (Å²) in [5.41, 5.74) is 0.931. The van der Waals surface area contributed by atoms with Crippen LogP contribution in [0.2, 0.25) is 5.02 Å². The summed E-state index contributed by atoms with van der Waals surface area (Å²) in [6.07, 6.45) is 2.61. The number of rotatable bonds is 3. The van der Waals surface area contributed by atoms with Gasteiger partial charge in [-0.05, 0) is 36.6 Å².